The molecule has 0 saturated heterocycles. The predicted octanol–water partition coefficient (Wildman–Crippen LogP) is 0.679. The number of hydrogen-bond acceptors (Lipinski definition) is 11. The van der Waals surface area contributed by atoms with Crippen LogP contribution in [0.25, 0.3) is 4.98 Å². The quantitative estimate of drug-likeness (QED) is 0.298. The van der Waals surface area contributed by atoms with Crippen molar-refractivity contribution in [2.24, 2.45) is 0 Å². The second-order valence-electron chi connectivity index (χ2n) is 5.61. The van der Waals surface area contributed by atoms with Crippen molar-refractivity contribution < 1.29 is 47.9 Å². The van der Waals surface area contributed by atoms with E-state index in [-0.39, 0.29) is 21.8 Å². The van der Waals surface area contributed by atoms with Gasteiger partial charge in [0.15, 0.2) is 14.8 Å². The van der Waals surface area contributed by atoms with Gasteiger partial charge in [-0.15, -0.1) is 0 Å². The molecule has 174 valence electrons. The number of benzene rings is 2. The highest BCUT2D eigenvalue weighted by molar-refractivity contribution is 7.91. The highest BCUT2D eigenvalue weighted by Gasteiger charge is 2.17. The van der Waals surface area contributed by atoms with Crippen molar-refractivity contribution in [1.82, 2.24) is 0 Å². The molecule has 2 aromatic rings. The number of amides is 1. The molecule has 0 aliphatic rings. The molecule has 32 heavy (non-hydrogen) atoms. The molecule has 0 radical (unpaired) electrons. The Morgan fingerprint density at radius 3 is 2.09 bits per heavy atom. The lowest BCUT2D eigenvalue weighted by Gasteiger charge is -2.08. The Morgan fingerprint density at radius 1 is 1.03 bits per heavy atom. The van der Waals surface area contributed by atoms with Gasteiger partial charge in [0, 0.05) is 33.8 Å². The van der Waals surface area contributed by atoms with E-state index in [9.17, 15) is 21.6 Å². The van der Waals surface area contributed by atoms with Gasteiger partial charge in [-0.25, -0.2) is 12.6 Å². The van der Waals surface area contributed by atoms with Gasteiger partial charge in [0.05, 0.1) is 17.3 Å². The number of hydrogen-bond donors (Lipinski definition) is 2. The molecule has 0 aliphatic heterocycles. The zero-order valence-electron chi connectivity index (χ0n) is 15.7. The standard InChI is InChI=1S/C15H13N3O7S2.H2O4S/c16-18-12-6-4-11(5-7-12)15(19)17-13-2-1-3-14(10-13)26(20,21)9-8-25-27(22,23)24;1-5(2,3)4/h1-7,10H,8-9H2,(H-,17,19,22,23,24);(H2,1,2,3,4)/p-1. The van der Waals surface area contributed by atoms with Gasteiger partial charge in [0.2, 0.25) is 5.39 Å². The summed E-state index contributed by atoms with van der Waals surface area (Å²) in [6, 6.07) is 11.1. The number of nitrogens with one attached hydrogen (secondary N) is 1. The van der Waals surface area contributed by atoms with Crippen molar-refractivity contribution >= 4 is 47.9 Å². The van der Waals surface area contributed by atoms with Crippen LogP contribution in [0.15, 0.2) is 53.4 Å². The van der Waals surface area contributed by atoms with Gasteiger partial charge in [-0.3, -0.25) is 17.8 Å². The van der Waals surface area contributed by atoms with E-state index in [0.29, 0.717) is 0 Å². The summed E-state index contributed by atoms with van der Waals surface area (Å²) in [7, 11) is -13.8. The van der Waals surface area contributed by atoms with Crippen molar-refractivity contribution in [3.63, 3.8) is 0 Å². The predicted molar refractivity (Wildman–Crippen MR) is 106 cm³/mol. The molecule has 2 N–H and O–H groups in total. The van der Waals surface area contributed by atoms with Crippen molar-refractivity contribution in [3.8, 4) is 0 Å². The smallest absolute Gasteiger partial charge is 0.397 e. The average molecular weight is 508 g/mol. The summed E-state index contributed by atoms with van der Waals surface area (Å²) in [5.41, 5.74) is 0.733. The third kappa shape index (κ3) is 10.9. The lowest BCUT2D eigenvalue weighted by molar-refractivity contribution is 0.102. The Bertz CT molecular complexity index is 1310. The van der Waals surface area contributed by atoms with Crippen LogP contribution in [-0.2, 0) is 34.8 Å². The molecular formula is C15H14N3O11S3-. The van der Waals surface area contributed by atoms with Crippen LogP contribution in [0.1, 0.15) is 10.4 Å². The second kappa shape index (κ2) is 11.1. The zero-order chi connectivity index (χ0) is 24.6. The molecule has 2 aromatic carbocycles. The number of diazo groups is 1. The summed E-state index contributed by atoms with van der Waals surface area (Å²) in [4.78, 5) is 15.0. The fraction of sp³-hybridized carbons (Fsp3) is 0.133. The van der Waals surface area contributed by atoms with Crippen LogP contribution in [0.2, 0.25) is 0 Å². The highest BCUT2D eigenvalue weighted by atomic mass is 32.3. The third-order valence-corrected chi connectivity index (χ3v) is 5.42. The minimum absolute atomic E-state index is 0.159. The second-order valence-corrected chi connectivity index (χ2v) is 9.62. The molecule has 0 fully saturated rings. The van der Waals surface area contributed by atoms with E-state index in [1.807, 2.05) is 0 Å². The lowest BCUT2D eigenvalue weighted by Crippen LogP contribution is -2.16. The first-order valence-corrected chi connectivity index (χ1v) is 12.3. The van der Waals surface area contributed by atoms with Gasteiger partial charge < -0.3 is 14.4 Å². The Morgan fingerprint density at radius 2 is 1.59 bits per heavy atom. The third-order valence-electron chi connectivity index (χ3n) is 3.28. The zero-order valence-corrected chi connectivity index (χ0v) is 18.1. The lowest BCUT2D eigenvalue weighted by atomic mass is 10.2. The van der Waals surface area contributed by atoms with E-state index in [2.05, 4.69) is 14.5 Å². The maximum absolute atomic E-state index is 12.2. The van der Waals surface area contributed by atoms with E-state index in [1.54, 1.807) is 0 Å². The fourth-order valence-electron chi connectivity index (χ4n) is 2.02. The molecule has 0 heterocycles. The summed E-state index contributed by atoms with van der Waals surface area (Å²) < 4.78 is 91.9. The largest absolute Gasteiger partial charge is 0.759 e. The first kappa shape index (κ1) is 27.1. The maximum Gasteiger partial charge on any atom is 0.397 e. The average Bonchev–Trinajstić information content (AvgIpc) is 2.66. The fourth-order valence-corrected chi connectivity index (χ4v) is 3.55. The van der Waals surface area contributed by atoms with Gasteiger partial charge in [0.25, 0.3) is 5.91 Å². The molecule has 0 unspecified atom stereocenters. The van der Waals surface area contributed by atoms with Crippen LogP contribution in [0, 0.1) is 5.39 Å². The van der Waals surface area contributed by atoms with Gasteiger partial charge in [0.1, 0.15) is 0 Å². The Hall–Kier alpha value is -2.98. The minimum Gasteiger partial charge on any atom is -0.759 e. The van der Waals surface area contributed by atoms with Gasteiger partial charge in [-0.1, -0.05) is 6.07 Å². The molecule has 1 amide bonds. The van der Waals surface area contributed by atoms with E-state index in [0.717, 1.165) is 0 Å². The molecule has 2 rings (SSSR count). The summed E-state index contributed by atoms with van der Waals surface area (Å²) in [6.07, 6.45) is 0. The van der Waals surface area contributed by atoms with Crippen molar-refractivity contribution in [2.45, 2.75) is 4.90 Å². The number of carbonyl (C=O) groups excluding carboxylic acids is 1. The maximum atomic E-state index is 12.2. The molecular weight excluding hydrogens is 494 g/mol. The summed E-state index contributed by atoms with van der Waals surface area (Å²) in [5, 5.41) is 11.2. The summed E-state index contributed by atoms with van der Waals surface area (Å²) in [5.74, 6) is -1.19. The van der Waals surface area contributed by atoms with Crippen LogP contribution in [0.4, 0.5) is 11.4 Å². The number of nitrogens with zero attached hydrogens (tertiary/aromatic N) is 2. The number of sulfone groups is 1. The Balaban J connectivity index is 0.000000920. The Labute approximate surface area is 182 Å². The van der Waals surface area contributed by atoms with Gasteiger partial charge in [-0.2, -0.15) is 8.42 Å². The van der Waals surface area contributed by atoms with E-state index in [4.69, 9.17) is 27.5 Å². The molecule has 17 heteroatoms. The summed E-state index contributed by atoms with van der Waals surface area (Å²) in [6.45, 7) is -0.750. The van der Waals surface area contributed by atoms with Crippen molar-refractivity contribution in [3.05, 3.63) is 59.1 Å². The van der Waals surface area contributed by atoms with Crippen LogP contribution < -0.4 is 5.32 Å². The van der Waals surface area contributed by atoms with Gasteiger partial charge in [-0.05, 0) is 30.3 Å². The molecule has 0 bridgehead atoms. The monoisotopic (exact) mass is 508 g/mol. The van der Waals surface area contributed by atoms with Crippen LogP contribution >= 0.6 is 0 Å². The topological polar surface area (TPSA) is 235 Å². The van der Waals surface area contributed by atoms with Crippen molar-refractivity contribution in [2.75, 3.05) is 17.7 Å². The first-order valence-electron chi connectivity index (χ1n) is 7.98. The number of carbonyl (C=O) groups is 1. The molecule has 0 spiro atoms. The van der Waals surface area contributed by atoms with E-state index in [1.165, 1.54) is 48.5 Å². The normalized spacial score (nSPS) is 11.6. The minimum atomic E-state index is -5.17. The Kier molecular flexibility index (Phi) is 9.35. The number of anilines is 1. The molecule has 0 aromatic heterocycles. The molecule has 0 atom stereocenters. The van der Waals surface area contributed by atoms with E-state index < -0.39 is 48.9 Å². The number of rotatable bonds is 7. The van der Waals surface area contributed by atoms with Crippen molar-refractivity contribution in [1.29, 1.82) is 5.39 Å². The van der Waals surface area contributed by atoms with Crippen LogP contribution in [0.3, 0.4) is 0 Å². The highest BCUT2D eigenvalue weighted by Crippen LogP contribution is 2.19. The molecule has 0 aliphatic carbocycles. The molecule has 14 nitrogen and oxygen atoms in total. The SMILES string of the molecule is N#[N+]c1ccc(C(=O)Nc2cccc(S(=O)(=O)CCOS(=O)(=O)O)c2)cc1.O=S(=O)([O-])[O-]. The first-order chi connectivity index (χ1) is 14.6. The van der Waals surface area contributed by atoms with Crippen LogP contribution in [0.5, 0.6) is 0 Å². The summed E-state index contributed by atoms with van der Waals surface area (Å²) >= 11 is 0. The van der Waals surface area contributed by atoms with E-state index >= 15 is 0 Å². The van der Waals surface area contributed by atoms with Crippen LogP contribution in [-0.4, -0.2) is 57.2 Å². The molecule has 0 saturated carbocycles. The van der Waals surface area contributed by atoms with Gasteiger partial charge >= 0.3 is 16.1 Å².